The molecule has 0 radical (unpaired) electrons. The van der Waals surface area contributed by atoms with Crippen molar-refractivity contribution in [2.45, 2.75) is 6.42 Å². The first kappa shape index (κ1) is 15.5. The standard InChI is InChI=1S/C13H16ClN3O4/c1-15-12-10(14)4-9(5-11(12)17(20)21)13(19)16-3-2-8(6-16)7-18/h4-5,8,15,18H,2-3,6-7H2,1H3. The van der Waals surface area contributed by atoms with Crippen LogP contribution in [0.15, 0.2) is 12.1 Å². The average molecular weight is 314 g/mol. The van der Waals surface area contributed by atoms with Gasteiger partial charge in [-0.1, -0.05) is 11.6 Å². The maximum absolute atomic E-state index is 12.4. The molecule has 0 spiro atoms. The Morgan fingerprint density at radius 3 is 2.86 bits per heavy atom. The molecule has 0 bridgehead atoms. The van der Waals surface area contributed by atoms with E-state index in [-0.39, 0.29) is 40.4 Å². The van der Waals surface area contributed by atoms with Gasteiger partial charge in [-0.3, -0.25) is 14.9 Å². The molecule has 0 saturated carbocycles. The highest BCUT2D eigenvalue weighted by molar-refractivity contribution is 6.34. The number of nitro benzene ring substituents is 1. The molecule has 21 heavy (non-hydrogen) atoms. The second kappa shape index (κ2) is 6.28. The van der Waals surface area contributed by atoms with Crippen LogP contribution in [-0.2, 0) is 0 Å². The van der Waals surface area contributed by atoms with Crippen molar-refractivity contribution in [3.05, 3.63) is 32.8 Å². The number of aliphatic hydroxyl groups is 1. The fourth-order valence-electron chi connectivity index (χ4n) is 2.46. The van der Waals surface area contributed by atoms with Crippen molar-refractivity contribution in [2.75, 3.05) is 32.1 Å². The molecule has 114 valence electrons. The van der Waals surface area contributed by atoms with E-state index in [0.717, 1.165) is 6.42 Å². The second-order valence-electron chi connectivity index (χ2n) is 4.95. The third-order valence-electron chi connectivity index (χ3n) is 3.59. The van der Waals surface area contributed by atoms with Crippen molar-refractivity contribution in [3.8, 4) is 0 Å². The first-order valence-electron chi connectivity index (χ1n) is 6.53. The number of amides is 1. The third-order valence-corrected chi connectivity index (χ3v) is 3.89. The lowest BCUT2D eigenvalue weighted by molar-refractivity contribution is -0.384. The summed E-state index contributed by atoms with van der Waals surface area (Å²) >= 11 is 6.01. The van der Waals surface area contributed by atoms with Gasteiger partial charge >= 0.3 is 0 Å². The molecular weight excluding hydrogens is 298 g/mol. The van der Waals surface area contributed by atoms with E-state index < -0.39 is 4.92 Å². The fraction of sp³-hybridized carbons (Fsp3) is 0.462. The van der Waals surface area contributed by atoms with Crippen molar-refractivity contribution in [1.29, 1.82) is 0 Å². The summed E-state index contributed by atoms with van der Waals surface area (Å²) in [6.07, 6.45) is 0.729. The largest absolute Gasteiger partial charge is 0.396 e. The molecule has 1 aliphatic heterocycles. The van der Waals surface area contributed by atoms with Crippen LogP contribution in [0.25, 0.3) is 0 Å². The first-order valence-corrected chi connectivity index (χ1v) is 6.91. The number of anilines is 1. The minimum absolute atomic E-state index is 0.0311. The number of carbonyl (C=O) groups is 1. The normalized spacial score (nSPS) is 17.9. The number of nitrogens with one attached hydrogen (secondary N) is 1. The van der Waals surface area contributed by atoms with Crippen LogP contribution < -0.4 is 5.32 Å². The van der Waals surface area contributed by atoms with Gasteiger partial charge in [0.1, 0.15) is 5.69 Å². The van der Waals surface area contributed by atoms with Gasteiger partial charge in [0.15, 0.2) is 0 Å². The molecule has 1 unspecified atom stereocenters. The van der Waals surface area contributed by atoms with Gasteiger partial charge in [-0.15, -0.1) is 0 Å². The maximum Gasteiger partial charge on any atom is 0.294 e. The number of rotatable bonds is 4. The zero-order chi connectivity index (χ0) is 15.6. The predicted octanol–water partition coefficient (Wildman–Crippen LogP) is 1.74. The molecule has 1 fully saturated rings. The number of hydrogen-bond acceptors (Lipinski definition) is 5. The van der Waals surface area contributed by atoms with E-state index in [4.69, 9.17) is 16.7 Å². The Hall–Kier alpha value is -1.86. The molecule has 2 N–H and O–H groups in total. The third kappa shape index (κ3) is 3.08. The topological polar surface area (TPSA) is 95.7 Å². The van der Waals surface area contributed by atoms with Gasteiger partial charge in [-0.2, -0.15) is 0 Å². The molecule has 1 aliphatic rings. The van der Waals surface area contributed by atoms with Crippen LogP contribution in [0.4, 0.5) is 11.4 Å². The summed E-state index contributed by atoms with van der Waals surface area (Å²) < 4.78 is 0. The smallest absolute Gasteiger partial charge is 0.294 e. The zero-order valence-corrected chi connectivity index (χ0v) is 12.3. The number of nitro groups is 1. The Morgan fingerprint density at radius 1 is 1.62 bits per heavy atom. The van der Waals surface area contributed by atoms with Crippen LogP contribution in [0.5, 0.6) is 0 Å². The lowest BCUT2D eigenvalue weighted by Gasteiger charge is -2.17. The molecule has 1 aromatic rings. The fourth-order valence-corrected chi connectivity index (χ4v) is 2.76. The van der Waals surface area contributed by atoms with Crippen LogP contribution in [0, 0.1) is 16.0 Å². The molecule has 1 atom stereocenters. The lowest BCUT2D eigenvalue weighted by Crippen LogP contribution is -2.29. The molecule has 0 aliphatic carbocycles. The van der Waals surface area contributed by atoms with Crippen LogP contribution in [0.1, 0.15) is 16.8 Å². The summed E-state index contributed by atoms with van der Waals surface area (Å²) in [5.74, 6) is -0.241. The van der Waals surface area contributed by atoms with Crippen molar-refractivity contribution in [1.82, 2.24) is 4.90 Å². The highest BCUT2D eigenvalue weighted by Crippen LogP contribution is 2.34. The molecule has 1 heterocycles. The van der Waals surface area contributed by atoms with E-state index in [1.54, 1.807) is 4.90 Å². The van der Waals surface area contributed by atoms with Gasteiger partial charge in [-0.25, -0.2) is 0 Å². The molecule has 8 heteroatoms. The monoisotopic (exact) mass is 313 g/mol. The van der Waals surface area contributed by atoms with E-state index >= 15 is 0 Å². The van der Waals surface area contributed by atoms with E-state index in [2.05, 4.69) is 5.32 Å². The zero-order valence-electron chi connectivity index (χ0n) is 11.5. The quantitative estimate of drug-likeness (QED) is 0.652. The Kier molecular flexibility index (Phi) is 4.64. The number of likely N-dealkylation sites (tertiary alicyclic amines) is 1. The number of nitrogens with zero attached hydrogens (tertiary/aromatic N) is 2. The Balaban J connectivity index is 2.32. The molecule has 2 rings (SSSR count). The van der Waals surface area contributed by atoms with Crippen molar-refractivity contribution >= 4 is 28.9 Å². The van der Waals surface area contributed by atoms with E-state index in [1.807, 2.05) is 0 Å². The second-order valence-corrected chi connectivity index (χ2v) is 5.35. The Morgan fingerprint density at radius 2 is 2.33 bits per heavy atom. The van der Waals surface area contributed by atoms with Gasteiger partial charge < -0.3 is 15.3 Å². The van der Waals surface area contributed by atoms with Crippen molar-refractivity contribution < 1.29 is 14.8 Å². The van der Waals surface area contributed by atoms with Crippen molar-refractivity contribution in [2.24, 2.45) is 5.92 Å². The summed E-state index contributed by atoms with van der Waals surface area (Å²) in [6, 6.07) is 2.65. The maximum atomic E-state index is 12.4. The number of carbonyl (C=O) groups excluding carboxylic acids is 1. The molecule has 1 aromatic carbocycles. The average Bonchev–Trinajstić information content (AvgIpc) is 2.94. The van der Waals surface area contributed by atoms with E-state index in [1.165, 1.54) is 19.2 Å². The first-order chi connectivity index (χ1) is 9.97. The summed E-state index contributed by atoms with van der Waals surface area (Å²) in [5.41, 5.74) is 0.142. The molecule has 7 nitrogen and oxygen atoms in total. The molecule has 0 aromatic heterocycles. The number of aliphatic hydroxyl groups excluding tert-OH is 1. The SMILES string of the molecule is CNc1c(Cl)cc(C(=O)N2CCC(CO)C2)cc1[N+](=O)[O-]. The van der Waals surface area contributed by atoms with Crippen LogP contribution >= 0.6 is 11.6 Å². The molecule has 1 amide bonds. The number of halogens is 1. The van der Waals surface area contributed by atoms with E-state index in [0.29, 0.717) is 13.1 Å². The van der Waals surface area contributed by atoms with Gasteiger partial charge in [-0.05, 0) is 12.5 Å². The Bertz CT molecular complexity index is 579. The number of hydrogen-bond donors (Lipinski definition) is 2. The summed E-state index contributed by atoms with van der Waals surface area (Å²) in [7, 11) is 1.53. The molecule has 1 saturated heterocycles. The lowest BCUT2D eigenvalue weighted by atomic mass is 10.1. The highest BCUT2D eigenvalue weighted by Gasteiger charge is 2.28. The van der Waals surface area contributed by atoms with Gasteiger partial charge in [0.05, 0.1) is 9.95 Å². The van der Waals surface area contributed by atoms with E-state index in [9.17, 15) is 14.9 Å². The van der Waals surface area contributed by atoms with Crippen LogP contribution in [0.2, 0.25) is 5.02 Å². The molecular formula is C13H16ClN3O4. The Labute approximate surface area is 126 Å². The van der Waals surface area contributed by atoms with Crippen LogP contribution in [-0.4, -0.2) is 47.6 Å². The highest BCUT2D eigenvalue weighted by atomic mass is 35.5. The summed E-state index contributed by atoms with van der Waals surface area (Å²) in [4.78, 5) is 24.5. The summed E-state index contributed by atoms with van der Waals surface area (Å²) in [6.45, 7) is 1.02. The minimum atomic E-state index is -0.574. The minimum Gasteiger partial charge on any atom is -0.396 e. The summed E-state index contributed by atoms with van der Waals surface area (Å²) in [5, 5.41) is 23.0. The van der Waals surface area contributed by atoms with Gasteiger partial charge in [0, 0.05) is 44.3 Å². The van der Waals surface area contributed by atoms with Crippen molar-refractivity contribution in [3.63, 3.8) is 0 Å². The van der Waals surface area contributed by atoms with Gasteiger partial charge in [0.25, 0.3) is 11.6 Å². The predicted molar refractivity (Wildman–Crippen MR) is 78.7 cm³/mol. The van der Waals surface area contributed by atoms with Gasteiger partial charge in [0.2, 0.25) is 0 Å². The van der Waals surface area contributed by atoms with Crippen LogP contribution in [0.3, 0.4) is 0 Å². The number of benzene rings is 1.